The van der Waals surface area contributed by atoms with Crippen molar-refractivity contribution in [2.75, 3.05) is 6.61 Å². The average molecular weight is 275 g/mol. The van der Waals surface area contributed by atoms with Crippen molar-refractivity contribution in [3.05, 3.63) is 46.4 Å². The molecule has 0 amide bonds. The van der Waals surface area contributed by atoms with Crippen molar-refractivity contribution in [3.8, 4) is 11.8 Å². The second kappa shape index (κ2) is 7.22. The quantitative estimate of drug-likeness (QED) is 0.687. The van der Waals surface area contributed by atoms with Crippen LogP contribution in [0.25, 0.3) is 0 Å². The van der Waals surface area contributed by atoms with Gasteiger partial charge in [0, 0.05) is 39.9 Å². The molecule has 0 saturated heterocycles. The second-order valence-corrected chi connectivity index (χ2v) is 5.55. The zero-order valence-electron chi connectivity index (χ0n) is 9.80. The summed E-state index contributed by atoms with van der Waals surface area (Å²) in [7, 11) is 0. The summed E-state index contributed by atoms with van der Waals surface area (Å²) < 4.78 is 0. The van der Waals surface area contributed by atoms with Gasteiger partial charge in [0.25, 0.3) is 0 Å². The van der Waals surface area contributed by atoms with Gasteiger partial charge >= 0.3 is 0 Å². The van der Waals surface area contributed by atoms with Gasteiger partial charge in [-0.05, 0) is 23.6 Å². The lowest BCUT2D eigenvalue weighted by molar-refractivity contribution is 0.305. The standard InChI is InChI=1S/C14H13NOS2/c16-9-2-1-3-12-6-10-17-14(12)11-18-13-4-7-15-8-5-13/h4-8,10,16H,2,9,11H2. The fourth-order valence-electron chi connectivity index (χ4n) is 1.36. The molecule has 92 valence electrons. The highest BCUT2D eigenvalue weighted by molar-refractivity contribution is 7.98. The number of aromatic nitrogens is 1. The molecule has 18 heavy (non-hydrogen) atoms. The highest BCUT2D eigenvalue weighted by atomic mass is 32.2. The van der Waals surface area contributed by atoms with Crippen molar-refractivity contribution >= 4 is 23.1 Å². The lowest BCUT2D eigenvalue weighted by Gasteiger charge is -1.99. The third-order valence-electron chi connectivity index (χ3n) is 2.22. The molecular weight excluding hydrogens is 262 g/mol. The van der Waals surface area contributed by atoms with E-state index in [0.29, 0.717) is 6.42 Å². The van der Waals surface area contributed by atoms with Gasteiger partial charge in [0.2, 0.25) is 0 Å². The van der Waals surface area contributed by atoms with Crippen molar-refractivity contribution in [2.24, 2.45) is 0 Å². The van der Waals surface area contributed by atoms with Gasteiger partial charge in [0.1, 0.15) is 0 Å². The zero-order valence-corrected chi connectivity index (χ0v) is 11.4. The van der Waals surface area contributed by atoms with E-state index in [1.807, 2.05) is 18.2 Å². The van der Waals surface area contributed by atoms with Gasteiger partial charge < -0.3 is 5.11 Å². The van der Waals surface area contributed by atoms with Crippen LogP contribution >= 0.6 is 23.1 Å². The predicted molar refractivity (Wildman–Crippen MR) is 76.7 cm³/mol. The summed E-state index contributed by atoms with van der Waals surface area (Å²) in [5.41, 5.74) is 1.08. The maximum atomic E-state index is 8.71. The van der Waals surface area contributed by atoms with Gasteiger partial charge in [-0.2, -0.15) is 0 Å². The van der Waals surface area contributed by atoms with Crippen LogP contribution in [0.1, 0.15) is 16.9 Å². The molecule has 2 heterocycles. The van der Waals surface area contributed by atoms with Crippen LogP contribution in [-0.4, -0.2) is 16.7 Å². The number of hydrogen-bond acceptors (Lipinski definition) is 4. The summed E-state index contributed by atoms with van der Waals surface area (Å²) in [6, 6.07) is 6.06. The molecule has 0 aromatic carbocycles. The number of nitrogens with zero attached hydrogens (tertiary/aromatic N) is 1. The van der Waals surface area contributed by atoms with Crippen LogP contribution in [0.5, 0.6) is 0 Å². The first-order valence-electron chi connectivity index (χ1n) is 5.59. The fourth-order valence-corrected chi connectivity index (χ4v) is 3.19. The van der Waals surface area contributed by atoms with E-state index in [-0.39, 0.29) is 6.61 Å². The number of thioether (sulfide) groups is 1. The minimum atomic E-state index is 0.123. The molecule has 0 fully saturated rings. The maximum Gasteiger partial charge on any atom is 0.0540 e. The van der Waals surface area contributed by atoms with Crippen molar-refractivity contribution in [2.45, 2.75) is 17.1 Å². The molecule has 0 atom stereocenters. The van der Waals surface area contributed by atoms with Crippen molar-refractivity contribution in [1.29, 1.82) is 0 Å². The summed E-state index contributed by atoms with van der Waals surface area (Å²) in [5.74, 6) is 6.99. The van der Waals surface area contributed by atoms with Crippen LogP contribution in [0.4, 0.5) is 0 Å². The summed E-state index contributed by atoms with van der Waals surface area (Å²) >= 11 is 3.51. The smallest absolute Gasteiger partial charge is 0.0540 e. The van der Waals surface area contributed by atoms with E-state index in [2.05, 4.69) is 22.2 Å². The third-order valence-corrected chi connectivity index (χ3v) is 4.37. The van der Waals surface area contributed by atoms with Gasteiger partial charge in [-0.15, -0.1) is 23.1 Å². The minimum Gasteiger partial charge on any atom is -0.395 e. The molecule has 0 aliphatic heterocycles. The normalized spacial score (nSPS) is 9.83. The summed E-state index contributed by atoms with van der Waals surface area (Å²) in [4.78, 5) is 6.50. The summed E-state index contributed by atoms with van der Waals surface area (Å²) in [6.07, 6.45) is 4.14. The molecular formula is C14H13NOS2. The number of thiophene rings is 1. The van der Waals surface area contributed by atoms with Crippen molar-refractivity contribution < 1.29 is 5.11 Å². The second-order valence-electron chi connectivity index (χ2n) is 3.50. The van der Waals surface area contributed by atoms with Gasteiger partial charge in [-0.3, -0.25) is 4.98 Å². The molecule has 4 heteroatoms. The van der Waals surface area contributed by atoms with E-state index in [9.17, 15) is 0 Å². The Balaban J connectivity index is 1.98. The first-order chi connectivity index (χ1) is 8.90. The third kappa shape index (κ3) is 3.88. The van der Waals surface area contributed by atoms with Gasteiger partial charge in [-0.1, -0.05) is 11.8 Å². The van der Waals surface area contributed by atoms with E-state index in [1.54, 1.807) is 35.5 Å². The number of rotatable bonds is 4. The number of hydrogen-bond donors (Lipinski definition) is 1. The number of pyridine rings is 1. The fraction of sp³-hybridized carbons (Fsp3) is 0.214. The van der Waals surface area contributed by atoms with Crippen LogP contribution in [0.2, 0.25) is 0 Å². The first-order valence-corrected chi connectivity index (χ1v) is 7.45. The molecule has 0 saturated carbocycles. The Bertz CT molecular complexity index is 540. The zero-order chi connectivity index (χ0) is 12.6. The van der Waals surface area contributed by atoms with Gasteiger partial charge in [0.15, 0.2) is 0 Å². The Morgan fingerprint density at radius 2 is 2.11 bits per heavy atom. The molecule has 2 nitrogen and oxygen atoms in total. The first kappa shape index (κ1) is 13.2. The maximum absolute atomic E-state index is 8.71. The Kier molecular flexibility index (Phi) is 5.28. The summed E-state index contributed by atoms with van der Waals surface area (Å²) in [6.45, 7) is 0.123. The molecule has 0 radical (unpaired) electrons. The monoisotopic (exact) mass is 275 g/mol. The van der Waals surface area contributed by atoms with Crippen LogP contribution in [-0.2, 0) is 5.75 Å². The van der Waals surface area contributed by atoms with Crippen LogP contribution in [0, 0.1) is 11.8 Å². The minimum absolute atomic E-state index is 0.123. The molecule has 0 spiro atoms. The molecule has 2 aromatic rings. The Morgan fingerprint density at radius 1 is 1.28 bits per heavy atom. The van der Waals surface area contributed by atoms with E-state index in [0.717, 1.165) is 11.3 Å². The molecule has 0 aliphatic carbocycles. The molecule has 2 aromatic heterocycles. The Labute approximate surface area is 115 Å². The highest BCUT2D eigenvalue weighted by Crippen LogP contribution is 2.26. The largest absolute Gasteiger partial charge is 0.395 e. The summed E-state index contributed by atoms with van der Waals surface area (Å²) in [5, 5.41) is 10.8. The predicted octanol–water partition coefficient (Wildman–Crippen LogP) is 3.17. The number of aliphatic hydroxyl groups is 1. The average Bonchev–Trinajstić information content (AvgIpc) is 2.86. The van der Waals surface area contributed by atoms with E-state index < -0.39 is 0 Å². The van der Waals surface area contributed by atoms with E-state index in [1.165, 1.54) is 9.77 Å². The highest BCUT2D eigenvalue weighted by Gasteiger charge is 2.02. The topological polar surface area (TPSA) is 33.1 Å². The van der Waals surface area contributed by atoms with Crippen molar-refractivity contribution in [1.82, 2.24) is 4.98 Å². The van der Waals surface area contributed by atoms with E-state index >= 15 is 0 Å². The molecule has 2 rings (SSSR count). The molecule has 0 unspecified atom stereocenters. The molecule has 0 aliphatic rings. The lowest BCUT2D eigenvalue weighted by Crippen LogP contribution is -1.81. The Hall–Kier alpha value is -1.28. The van der Waals surface area contributed by atoms with Gasteiger partial charge in [0.05, 0.1) is 6.61 Å². The van der Waals surface area contributed by atoms with Gasteiger partial charge in [-0.25, -0.2) is 0 Å². The molecule has 1 N–H and O–H groups in total. The SMILES string of the molecule is OCCC#Cc1ccsc1CSc1ccncc1. The van der Waals surface area contributed by atoms with Crippen LogP contribution < -0.4 is 0 Å². The van der Waals surface area contributed by atoms with Crippen LogP contribution in [0.3, 0.4) is 0 Å². The lowest BCUT2D eigenvalue weighted by atomic mass is 10.2. The Morgan fingerprint density at radius 3 is 2.89 bits per heavy atom. The van der Waals surface area contributed by atoms with Crippen LogP contribution in [0.15, 0.2) is 40.9 Å². The van der Waals surface area contributed by atoms with Crippen molar-refractivity contribution in [3.63, 3.8) is 0 Å². The molecule has 0 bridgehead atoms. The van der Waals surface area contributed by atoms with E-state index in [4.69, 9.17) is 5.11 Å². The number of aliphatic hydroxyl groups excluding tert-OH is 1.